The van der Waals surface area contributed by atoms with Gasteiger partial charge in [0.2, 0.25) is 0 Å². The van der Waals surface area contributed by atoms with Gasteiger partial charge in [-0.1, -0.05) is 18.2 Å². The van der Waals surface area contributed by atoms with E-state index in [1.165, 1.54) is 25.1 Å². The Labute approximate surface area is 150 Å². The highest BCUT2D eigenvalue weighted by atomic mass is 32.1. The third-order valence-electron chi connectivity index (χ3n) is 3.14. The lowest BCUT2D eigenvalue weighted by Gasteiger charge is -2.17. The van der Waals surface area contributed by atoms with Crippen molar-refractivity contribution < 1.29 is 18.7 Å². The van der Waals surface area contributed by atoms with Crippen molar-refractivity contribution in [1.82, 2.24) is 10.9 Å². The molecule has 0 aliphatic heterocycles. The van der Waals surface area contributed by atoms with Crippen LogP contribution in [-0.2, 0) is 4.79 Å². The highest BCUT2D eigenvalue weighted by molar-refractivity contribution is 7.80. The topological polar surface area (TPSA) is 71.6 Å². The van der Waals surface area contributed by atoms with Gasteiger partial charge >= 0.3 is 0 Å². The molecule has 132 valence electrons. The van der Waals surface area contributed by atoms with E-state index in [1.54, 1.807) is 37.4 Å². The van der Waals surface area contributed by atoms with Gasteiger partial charge in [-0.05, 0) is 43.4 Å². The van der Waals surface area contributed by atoms with Crippen LogP contribution in [0.2, 0.25) is 0 Å². The second kappa shape index (κ2) is 8.84. The molecule has 2 rings (SSSR count). The first-order valence-electron chi connectivity index (χ1n) is 7.41. The average Bonchev–Trinajstić information content (AvgIpc) is 2.61. The van der Waals surface area contributed by atoms with Crippen LogP contribution >= 0.6 is 12.2 Å². The normalized spacial score (nSPS) is 11.2. The summed E-state index contributed by atoms with van der Waals surface area (Å²) in [6.07, 6.45) is -0.913. The monoisotopic (exact) mass is 363 g/mol. The van der Waals surface area contributed by atoms with Crippen molar-refractivity contribution in [3.63, 3.8) is 0 Å². The zero-order valence-corrected chi connectivity index (χ0v) is 14.5. The minimum absolute atomic E-state index is 0.00207. The van der Waals surface area contributed by atoms with Gasteiger partial charge in [0.1, 0.15) is 5.75 Å². The largest absolute Gasteiger partial charge is 0.497 e. The highest BCUT2D eigenvalue weighted by Gasteiger charge is 2.16. The first-order valence-corrected chi connectivity index (χ1v) is 7.82. The highest BCUT2D eigenvalue weighted by Crippen LogP contribution is 2.17. The number of carbonyl (C=O) groups excluding carboxylic acids is 1. The van der Waals surface area contributed by atoms with Crippen LogP contribution < -0.4 is 25.6 Å². The molecule has 2 aromatic carbocycles. The molecular weight excluding hydrogens is 345 g/mol. The fourth-order valence-electron chi connectivity index (χ4n) is 1.87. The van der Waals surface area contributed by atoms with Gasteiger partial charge in [0, 0.05) is 11.8 Å². The van der Waals surface area contributed by atoms with E-state index in [2.05, 4.69) is 16.2 Å². The summed E-state index contributed by atoms with van der Waals surface area (Å²) in [5.74, 6) is -0.366. The van der Waals surface area contributed by atoms with Crippen molar-refractivity contribution in [2.24, 2.45) is 0 Å². The molecule has 0 radical (unpaired) electrons. The number of ether oxygens (including phenoxy) is 2. The molecule has 0 aromatic heterocycles. The summed E-state index contributed by atoms with van der Waals surface area (Å²) < 4.78 is 23.9. The maximum absolute atomic E-state index is 13.5. The summed E-state index contributed by atoms with van der Waals surface area (Å²) in [7, 11) is 1.56. The summed E-state index contributed by atoms with van der Waals surface area (Å²) in [4.78, 5) is 12.0. The fourth-order valence-corrected chi connectivity index (χ4v) is 2.04. The van der Waals surface area contributed by atoms with Crippen LogP contribution in [0, 0.1) is 5.82 Å². The van der Waals surface area contributed by atoms with Crippen LogP contribution in [0.5, 0.6) is 11.5 Å². The molecule has 0 bridgehead atoms. The molecule has 0 saturated heterocycles. The molecule has 0 aliphatic carbocycles. The van der Waals surface area contributed by atoms with Gasteiger partial charge in [-0.3, -0.25) is 15.6 Å². The average molecular weight is 363 g/mol. The van der Waals surface area contributed by atoms with Gasteiger partial charge in [0.25, 0.3) is 5.91 Å². The lowest BCUT2D eigenvalue weighted by atomic mass is 10.3. The number of benzene rings is 2. The van der Waals surface area contributed by atoms with Crippen LogP contribution in [-0.4, -0.2) is 24.2 Å². The van der Waals surface area contributed by atoms with Crippen molar-refractivity contribution in [2.45, 2.75) is 13.0 Å². The Balaban J connectivity index is 1.82. The van der Waals surface area contributed by atoms with Gasteiger partial charge in [0.15, 0.2) is 22.8 Å². The van der Waals surface area contributed by atoms with Crippen molar-refractivity contribution in [2.75, 3.05) is 12.4 Å². The summed E-state index contributed by atoms with van der Waals surface area (Å²) in [5, 5.41) is 3.07. The van der Waals surface area contributed by atoms with Crippen LogP contribution in [0.4, 0.5) is 10.1 Å². The first-order chi connectivity index (χ1) is 12.0. The van der Waals surface area contributed by atoms with Crippen LogP contribution in [0.3, 0.4) is 0 Å². The summed E-state index contributed by atoms with van der Waals surface area (Å²) in [6.45, 7) is 1.50. The number of nitrogens with one attached hydrogen (secondary N) is 3. The standard InChI is InChI=1S/C17H18FN3O3S/c1-11(24-15-9-4-3-8-14(15)18)16(22)20-21-17(25)19-12-6-5-7-13(10-12)23-2/h3-11H,1-2H3,(H,20,22)(H2,19,21,25)/t11-/m0/s1. The van der Waals surface area contributed by atoms with Crippen molar-refractivity contribution in [3.05, 3.63) is 54.3 Å². The van der Waals surface area contributed by atoms with E-state index in [1.807, 2.05) is 0 Å². The van der Waals surface area contributed by atoms with Crippen molar-refractivity contribution in [1.29, 1.82) is 0 Å². The number of thiocarbonyl (C=S) groups is 1. The summed E-state index contributed by atoms with van der Waals surface area (Å²) >= 11 is 5.09. The molecular formula is C17H18FN3O3S. The quantitative estimate of drug-likeness (QED) is 0.560. The summed E-state index contributed by atoms with van der Waals surface area (Å²) in [6, 6.07) is 13.0. The van der Waals surface area contributed by atoms with E-state index in [0.717, 1.165) is 0 Å². The molecule has 0 fully saturated rings. The number of para-hydroxylation sites is 1. The SMILES string of the molecule is COc1cccc(NC(=S)NNC(=O)[C@H](C)Oc2ccccc2F)c1. The van der Waals surface area contributed by atoms with Gasteiger partial charge in [-0.15, -0.1) is 0 Å². The van der Waals surface area contributed by atoms with Gasteiger partial charge in [-0.2, -0.15) is 0 Å². The molecule has 0 saturated carbocycles. The Morgan fingerprint density at radius 1 is 1.16 bits per heavy atom. The number of carbonyl (C=O) groups is 1. The van der Waals surface area contributed by atoms with E-state index in [-0.39, 0.29) is 10.9 Å². The smallest absolute Gasteiger partial charge is 0.279 e. The molecule has 2 aromatic rings. The summed E-state index contributed by atoms with van der Waals surface area (Å²) in [5.41, 5.74) is 5.65. The van der Waals surface area contributed by atoms with Crippen LogP contribution in [0.15, 0.2) is 48.5 Å². The molecule has 1 atom stereocenters. The van der Waals surface area contributed by atoms with E-state index >= 15 is 0 Å². The molecule has 0 heterocycles. The van der Waals surface area contributed by atoms with E-state index in [4.69, 9.17) is 21.7 Å². The number of rotatable bonds is 5. The zero-order chi connectivity index (χ0) is 18.2. The van der Waals surface area contributed by atoms with Crippen LogP contribution in [0.25, 0.3) is 0 Å². The number of halogens is 1. The molecule has 8 heteroatoms. The van der Waals surface area contributed by atoms with Gasteiger partial charge < -0.3 is 14.8 Å². The van der Waals surface area contributed by atoms with Gasteiger partial charge in [0.05, 0.1) is 7.11 Å². The Morgan fingerprint density at radius 2 is 1.92 bits per heavy atom. The number of hydrogen-bond donors (Lipinski definition) is 3. The van der Waals surface area contributed by atoms with Crippen molar-refractivity contribution in [3.8, 4) is 11.5 Å². The minimum atomic E-state index is -0.913. The van der Waals surface area contributed by atoms with E-state index < -0.39 is 17.8 Å². The number of hydrazine groups is 1. The Morgan fingerprint density at radius 3 is 2.64 bits per heavy atom. The third kappa shape index (κ3) is 5.61. The second-order valence-corrected chi connectivity index (χ2v) is 5.40. The molecule has 0 unspecified atom stereocenters. The molecule has 6 nitrogen and oxygen atoms in total. The lowest BCUT2D eigenvalue weighted by molar-refractivity contribution is -0.127. The minimum Gasteiger partial charge on any atom is -0.497 e. The number of anilines is 1. The zero-order valence-electron chi connectivity index (χ0n) is 13.7. The number of methoxy groups -OCH3 is 1. The van der Waals surface area contributed by atoms with E-state index in [0.29, 0.717) is 11.4 Å². The first kappa shape index (κ1) is 18.5. The molecule has 3 N–H and O–H groups in total. The third-order valence-corrected chi connectivity index (χ3v) is 3.34. The Bertz CT molecular complexity index is 757. The molecule has 1 amide bonds. The molecule has 25 heavy (non-hydrogen) atoms. The molecule has 0 aliphatic rings. The fraction of sp³-hybridized carbons (Fsp3) is 0.176. The predicted octanol–water partition coefficient (Wildman–Crippen LogP) is 2.62. The maximum Gasteiger partial charge on any atom is 0.279 e. The van der Waals surface area contributed by atoms with Crippen LogP contribution in [0.1, 0.15) is 6.92 Å². The molecule has 0 spiro atoms. The Hall–Kier alpha value is -2.87. The lowest BCUT2D eigenvalue weighted by Crippen LogP contribution is -2.48. The van der Waals surface area contributed by atoms with Gasteiger partial charge in [-0.25, -0.2) is 4.39 Å². The number of hydrogen-bond acceptors (Lipinski definition) is 4. The van der Waals surface area contributed by atoms with Crippen molar-refractivity contribution >= 4 is 28.9 Å². The predicted molar refractivity (Wildman–Crippen MR) is 97.0 cm³/mol. The number of amides is 1. The Kier molecular flexibility index (Phi) is 6.53. The van der Waals surface area contributed by atoms with E-state index in [9.17, 15) is 9.18 Å². The maximum atomic E-state index is 13.5. The second-order valence-electron chi connectivity index (χ2n) is 4.99.